The molecule has 0 heterocycles. The van der Waals surface area contributed by atoms with Gasteiger partial charge in [-0.2, -0.15) is 0 Å². The molecule has 0 aliphatic carbocycles. The lowest BCUT2D eigenvalue weighted by molar-refractivity contribution is 0.598. The van der Waals surface area contributed by atoms with E-state index in [1.54, 1.807) is 0 Å². The highest BCUT2D eigenvalue weighted by molar-refractivity contribution is 14.1. The average Bonchev–Trinajstić information content (AvgIpc) is 1.99. The lowest BCUT2D eigenvalue weighted by Crippen LogP contribution is -2.24. The Labute approximate surface area is 104 Å². The van der Waals surface area contributed by atoms with Crippen molar-refractivity contribution in [1.82, 2.24) is 0 Å². The van der Waals surface area contributed by atoms with Crippen LogP contribution in [-0.2, 0) is 9.84 Å². The Bertz CT molecular complexity index is 431. The molecule has 1 N–H and O–H groups in total. The minimum Gasteiger partial charge on any atom is -0.382 e. The van der Waals surface area contributed by atoms with Crippen LogP contribution in [0.3, 0.4) is 0 Å². The fourth-order valence-corrected chi connectivity index (χ4v) is 2.89. The summed E-state index contributed by atoms with van der Waals surface area (Å²) in [5.41, 5.74) is 0.957. The molecule has 0 aromatic heterocycles. The Hall–Kier alpha value is -0.300. The molecular formula is C10H14INO2S. The largest absolute Gasteiger partial charge is 0.382 e. The summed E-state index contributed by atoms with van der Waals surface area (Å²) in [5, 5.41) is 3.16. The van der Waals surface area contributed by atoms with Crippen LogP contribution in [0.2, 0.25) is 0 Å². The third-order valence-corrected chi connectivity index (χ3v) is 3.57. The van der Waals surface area contributed by atoms with Crippen LogP contribution in [0.15, 0.2) is 24.3 Å². The number of anilines is 1. The van der Waals surface area contributed by atoms with Crippen molar-refractivity contribution in [3.8, 4) is 0 Å². The second-order valence-electron chi connectivity index (χ2n) is 3.65. The summed E-state index contributed by atoms with van der Waals surface area (Å²) < 4.78 is 23.2. The smallest absolute Gasteiger partial charge is 0.149 e. The molecule has 0 spiro atoms. The van der Waals surface area contributed by atoms with E-state index >= 15 is 0 Å². The molecule has 15 heavy (non-hydrogen) atoms. The first kappa shape index (κ1) is 12.8. The SMILES string of the molecule is CC(CS(C)(=O)=O)Nc1cccc(I)c1. The van der Waals surface area contributed by atoms with E-state index in [4.69, 9.17) is 0 Å². The van der Waals surface area contributed by atoms with Crippen molar-refractivity contribution in [2.75, 3.05) is 17.3 Å². The number of sulfone groups is 1. The van der Waals surface area contributed by atoms with Crippen molar-refractivity contribution in [1.29, 1.82) is 0 Å². The van der Waals surface area contributed by atoms with Crippen molar-refractivity contribution >= 4 is 38.1 Å². The van der Waals surface area contributed by atoms with E-state index in [9.17, 15) is 8.42 Å². The number of benzene rings is 1. The Morgan fingerprint density at radius 1 is 1.47 bits per heavy atom. The van der Waals surface area contributed by atoms with Gasteiger partial charge in [-0.25, -0.2) is 8.42 Å². The lowest BCUT2D eigenvalue weighted by atomic mass is 10.3. The van der Waals surface area contributed by atoms with Crippen LogP contribution in [0.4, 0.5) is 5.69 Å². The minimum absolute atomic E-state index is 0.0711. The van der Waals surface area contributed by atoms with E-state index < -0.39 is 9.84 Å². The first-order valence-electron chi connectivity index (χ1n) is 4.56. The number of hydrogen-bond acceptors (Lipinski definition) is 3. The normalized spacial score (nSPS) is 13.5. The molecule has 1 atom stereocenters. The van der Waals surface area contributed by atoms with Gasteiger partial charge in [-0.3, -0.25) is 0 Å². The van der Waals surface area contributed by atoms with Crippen LogP contribution in [-0.4, -0.2) is 26.5 Å². The van der Waals surface area contributed by atoms with E-state index in [0.717, 1.165) is 9.26 Å². The summed E-state index contributed by atoms with van der Waals surface area (Å²) in [4.78, 5) is 0. The molecule has 0 radical (unpaired) electrons. The van der Waals surface area contributed by atoms with Crippen LogP contribution < -0.4 is 5.32 Å². The van der Waals surface area contributed by atoms with Gasteiger partial charge >= 0.3 is 0 Å². The highest BCUT2D eigenvalue weighted by Gasteiger charge is 2.09. The zero-order valence-corrected chi connectivity index (χ0v) is 11.7. The fraction of sp³-hybridized carbons (Fsp3) is 0.400. The predicted octanol–water partition coefficient (Wildman–Crippen LogP) is 2.14. The number of hydrogen-bond donors (Lipinski definition) is 1. The molecule has 1 aromatic rings. The van der Waals surface area contributed by atoms with Crippen molar-refractivity contribution in [3.63, 3.8) is 0 Å². The monoisotopic (exact) mass is 339 g/mol. The van der Waals surface area contributed by atoms with Gasteiger partial charge in [0.2, 0.25) is 0 Å². The van der Waals surface area contributed by atoms with E-state index in [1.165, 1.54) is 6.26 Å². The predicted molar refractivity (Wildman–Crippen MR) is 72.0 cm³/mol. The summed E-state index contributed by atoms with van der Waals surface area (Å²) in [6, 6.07) is 7.78. The number of rotatable bonds is 4. The second-order valence-corrected chi connectivity index (χ2v) is 7.08. The van der Waals surface area contributed by atoms with Crippen molar-refractivity contribution < 1.29 is 8.42 Å². The van der Waals surface area contributed by atoms with Crippen molar-refractivity contribution in [2.24, 2.45) is 0 Å². The molecule has 0 aliphatic rings. The molecule has 0 fully saturated rings. The Balaban J connectivity index is 2.63. The molecular weight excluding hydrogens is 325 g/mol. The summed E-state index contributed by atoms with van der Waals surface area (Å²) in [7, 11) is -2.92. The molecule has 0 amide bonds. The number of nitrogens with one attached hydrogen (secondary N) is 1. The standard InChI is InChI=1S/C10H14INO2S/c1-8(7-15(2,13)14)12-10-5-3-4-9(11)6-10/h3-6,8,12H,7H2,1-2H3. The van der Waals surface area contributed by atoms with E-state index in [2.05, 4.69) is 27.9 Å². The first-order chi connectivity index (χ1) is 6.87. The maximum Gasteiger partial charge on any atom is 0.149 e. The maximum atomic E-state index is 11.1. The summed E-state index contributed by atoms with van der Waals surface area (Å²) >= 11 is 2.22. The van der Waals surface area contributed by atoms with Gasteiger partial charge in [0.25, 0.3) is 0 Å². The third kappa shape index (κ3) is 5.36. The molecule has 3 nitrogen and oxygen atoms in total. The third-order valence-electron chi connectivity index (χ3n) is 1.79. The van der Waals surface area contributed by atoms with Crippen molar-refractivity contribution in [3.05, 3.63) is 27.8 Å². The Morgan fingerprint density at radius 3 is 2.67 bits per heavy atom. The topological polar surface area (TPSA) is 46.2 Å². The molecule has 0 bridgehead atoms. The zero-order chi connectivity index (χ0) is 11.5. The van der Waals surface area contributed by atoms with Gasteiger partial charge in [0.15, 0.2) is 0 Å². The van der Waals surface area contributed by atoms with Crippen LogP contribution >= 0.6 is 22.6 Å². The van der Waals surface area contributed by atoms with E-state index in [1.807, 2.05) is 31.2 Å². The fourth-order valence-electron chi connectivity index (χ4n) is 1.36. The zero-order valence-electron chi connectivity index (χ0n) is 8.70. The molecule has 0 aliphatic heterocycles. The number of halogens is 1. The van der Waals surface area contributed by atoms with Gasteiger partial charge in [0.05, 0.1) is 5.75 Å². The summed E-state index contributed by atoms with van der Waals surface area (Å²) in [6.45, 7) is 1.86. The molecule has 1 aromatic carbocycles. The lowest BCUT2D eigenvalue weighted by Gasteiger charge is -2.14. The Morgan fingerprint density at radius 2 is 2.13 bits per heavy atom. The minimum atomic E-state index is -2.92. The van der Waals surface area contributed by atoms with Gasteiger partial charge < -0.3 is 5.32 Å². The molecule has 0 saturated heterocycles. The first-order valence-corrected chi connectivity index (χ1v) is 7.70. The average molecular weight is 339 g/mol. The summed E-state index contributed by atoms with van der Waals surface area (Å²) in [5.74, 6) is 0.151. The molecule has 0 saturated carbocycles. The highest BCUT2D eigenvalue weighted by atomic mass is 127. The van der Waals surface area contributed by atoms with Gasteiger partial charge in [-0.15, -0.1) is 0 Å². The quantitative estimate of drug-likeness (QED) is 0.855. The molecule has 1 unspecified atom stereocenters. The van der Waals surface area contributed by atoms with Crippen LogP contribution in [0.25, 0.3) is 0 Å². The molecule has 5 heteroatoms. The van der Waals surface area contributed by atoms with Crippen LogP contribution in [0, 0.1) is 3.57 Å². The maximum absolute atomic E-state index is 11.1. The van der Waals surface area contributed by atoms with Gasteiger partial charge in [0, 0.05) is 21.6 Å². The molecule has 1 rings (SSSR count). The van der Waals surface area contributed by atoms with Crippen LogP contribution in [0.5, 0.6) is 0 Å². The second kappa shape index (κ2) is 5.16. The van der Waals surface area contributed by atoms with Crippen molar-refractivity contribution in [2.45, 2.75) is 13.0 Å². The van der Waals surface area contributed by atoms with E-state index in [0.29, 0.717) is 0 Å². The van der Waals surface area contributed by atoms with Gasteiger partial charge in [-0.1, -0.05) is 6.07 Å². The van der Waals surface area contributed by atoms with E-state index in [-0.39, 0.29) is 11.8 Å². The van der Waals surface area contributed by atoms with Gasteiger partial charge in [-0.05, 0) is 47.7 Å². The van der Waals surface area contributed by atoms with Crippen LogP contribution in [0.1, 0.15) is 6.92 Å². The molecule has 84 valence electrons. The van der Waals surface area contributed by atoms with Gasteiger partial charge in [0.1, 0.15) is 9.84 Å². The summed E-state index contributed by atoms with van der Waals surface area (Å²) in [6.07, 6.45) is 1.25. The Kier molecular flexibility index (Phi) is 4.39. The highest BCUT2D eigenvalue weighted by Crippen LogP contribution is 2.13.